The van der Waals surface area contributed by atoms with E-state index in [1.54, 1.807) is 11.8 Å². The van der Waals surface area contributed by atoms with Crippen LogP contribution >= 0.6 is 11.8 Å². The van der Waals surface area contributed by atoms with E-state index >= 15 is 0 Å². The average molecular weight is 299 g/mol. The van der Waals surface area contributed by atoms with Gasteiger partial charge in [0.25, 0.3) is 0 Å². The van der Waals surface area contributed by atoms with Crippen LogP contribution in [0.25, 0.3) is 0 Å². The Morgan fingerprint density at radius 3 is 2.60 bits per heavy atom. The number of nitrogens with one attached hydrogen (secondary N) is 1. The average Bonchev–Trinajstić information content (AvgIpc) is 2.49. The number of carbonyl (C=O) groups is 1. The smallest absolute Gasteiger partial charge is 0.233 e. The number of amides is 1. The van der Waals surface area contributed by atoms with E-state index in [0.29, 0.717) is 5.92 Å². The molecule has 0 spiro atoms. The first-order chi connectivity index (χ1) is 9.57. The number of nitrogens with two attached hydrogens (primary N) is 1. The number of nitrogens with zero attached hydrogens (tertiary/aromatic N) is 1. The van der Waals surface area contributed by atoms with Gasteiger partial charge in [-0.05, 0) is 50.2 Å². The SMILES string of the molecule is CC1CCC(NC(=O)C2CCCCS2)(C(N)=NO)CC1. The van der Waals surface area contributed by atoms with Gasteiger partial charge in [-0.1, -0.05) is 18.5 Å². The summed E-state index contributed by atoms with van der Waals surface area (Å²) in [5.74, 6) is 1.89. The van der Waals surface area contributed by atoms with E-state index in [1.165, 1.54) is 6.42 Å². The summed E-state index contributed by atoms with van der Waals surface area (Å²) < 4.78 is 0. The molecule has 1 heterocycles. The molecule has 2 fully saturated rings. The van der Waals surface area contributed by atoms with Gasteiger partial charge in [0.05, 0.1) is 5.25 Å². The van der Waals surface area contributed by atoms with Gasteiger partial charge < -0.3 is 16.3 Å². The van der Waals surface area contributed by atoms with E-state index in [2.05, 4.69) is 17.4 Å². The van der Waals surface area contributed by atoms with Gasteiger partial charge in [-0.2, -0.15) is 0 Å². The van der Waals surface area contributed by atoms with E-state index < -0.39 is 5.54 Å². The van der Waals surface area contributed by atoms with Crippen LogP contribution in [0.2, 0.25) is 0 Å². The Morgan fingerprint density at radius 2 is 2.05 bits per heavy atom. The van der Waals surface area contributed by atoms with E-state index in [1.807, 2.05) is 0 Å². The highest BCUT2D eigenvalue weighted by molar-refractivity contribution is 8.00. The lowest BCUT2D eigenvalue weighted by molar-refractivity contribution is -0.122. The van der Waals surface area contributed by atoms with Crippen molar-refractivity contribution >= 4 is 23.5 Å². The molecule has 1 amide bonds. The molecule has 0 radical (unpaired) electrons. The number of carbonyl (C=O) groups excluding carboxylic acids is 1. The molecule has 4 N–H and O–H groups in total. The fourth-order valence-corrected chi connectivity index (χ4v) is 4.26. The van der Waals surface area contributed by atoms with Crippen molar-refractivity contribution in [1.29, 1.82) is 0 Å². The molecule has 6 heteroatoms. The van der Waals surface area contributed by atoms with Crippen LogP contribution in [-0.2, 0) is 4.79 Å². The molecule has 5 nitrogen and oxygen atoms in total. The minimum atomic E-state index is -0.643. The quantitative estimate of drug-likeness (QED) is 0.322. The summed E-state index contributed by atoms with van der Waals surface area (Å²) in [6.07, 6.45) is 6.73. The largest absolute Gasteiger partial charge is 0.409 e. The normalized spacial score (nSPS) is 35.5. The van der Waals surface area contributed by atoms with Gasteiger partial charge in [0, 0.05) is 0 Å². The van der Waals surface area contributed by atoms with Gasteiger partial charge in [-0.25, -0.2) is 0 Å². The van der Waals surface area contributed by atoms with Crippen molar-refractivity contribution in [3.05, 3.63) is 0 Å². The van der Waals surface area contributed by atoms with Gasteiger partial charge in [0.2, 0.25) is 5.91 Å². The van der Waals surface area contributed by atoms with Gasteiger partial charge in [-0.15, -0.1) is 11.8 Å². The fourth-order valence-electron chi connectivity index (χ4n) is 3.06. The summed E-state index contributed by atoms with van der Waals surface area (Å²) in [7, 11) is 0. The molecular weight excluding hydrogens is 274 g/mol. The molecule has 1 saturated carbocycles. The molecule has 114 valence electrons. The van der Waals surface area contributed by atoms with E-state index in [4.69, 9.17) is 10.9 Å². The van der Waals surface area contributed by atoms with Crippen molar-refractivity contribution in [2.75, 3.05) is 5.75 Å². The lowest BCUT2D eigenvalue weighted by Crippen LogP contribution is -2.60. The molecule has 20 heavy (non-hydrogen) atoms. The van der Waals surface area contributed by atoms with Crippen LogP contribution in [0.3, 0.4) is 0 Å². The third kappa shape index (κ3) is 3.40. The topological polar surface area (TPSA) is 87.7 Å². The first-order valence-corrected chi connectivity index (χ1v) is 8.54. The van der Waals surface area contributed by atoms with Crippen LogP contribution < -0.4 is 11.1 Å². The number of amidine groups is 1. The third-order valence-corrected chi connectivity index (χ3v) is 5.94. The Balaban J connectivity index is 2.06. The Kier molecular flexibility index (Phi) is 5.18. The molecule has 1 saturated heterocycles. The van der Waals surface area contributed by atoms with Gasteiger partial charge in [0.15, 0.2) is 5.84 Å². The monoisotopic (exact) mass is 299 g/mol. The summed E-state index contributed by atoms with van der Waals surface area (Å²) in [6, 6.07) is 0. The summed E-state index contributed by atoms with van der Waals surface area (Å²) in [4.78, 5) is 12.4. The second-order valence-electron chi connectivity index (χ2n) is 6.09. The second-order valence-corrected chi connectivity index (χ2v) is 7.40. The Labute approximate surface area is 124 Å². The standard InChI is InChI=1S/C14H25N3O2S/c1-10-5-7-14(8-6-10,13(15)17-19)16-12(18)11-4-2-3-9-20-11/h10-11,19H,2-9H2,1H3,(H2,15,17)(H,16,18). The number of rotatable bonds is 3. The highest BCUT2D eigenvalue weighted by Crippen LogP contribution is 2.33. The molecule has 1 unspecified atom stereocenters. The van der Waals surface area contributed by atoms with E-state index in [0.717, 1.165) is 44.3 Å². The summed E-state index contributed by atoms with van der Waals surface area (Å²) in [5, 5.41) is 15.3. The van der Waals surface area contributed by atoms with E-state index in [-0.39, 0.29) is 17.0 Å². The Morgan fingerprint density at radius 1 is 1.35 bits per heavy atom. The van der Waals surface area contributed by atoms with Gasteiger partial charge in [-0.3, -0.25) is 4.79 Å². The first kappa shape index (κ1) is 15.5. The maximum atomic E-state index is 12.4. The van der Waals surface area contributed by atoms with Crippen LogP contribution in [0.5, 0.6) is 0 Å². The van der Waals surface area contributed by atoms with Crippen LogP contribution in [0.4, 0.5) is 0 Å². The zero-order valence-corrected chi connectivity index (χ0v) is 12.9. The molecule has 0 aromatic carbocycles. The van der Waals surface area contributed by atoms with Gasteiger partial charge >= 0.3 is 0 Å². The molecule has 0 aromatic heterocycles. The van der Waals surface area contributed by atoms with Gasteiger partial charge in [0.1, 0.15) is 5.54 Å². The van der Waals surface area contributed by atoms with Crippen molar-refractivity contribution < 1.29 is 10.0 Å². The first-order valence-electron chi connectivity index (χ1n) is 7.49. The number of hydrogen-bond donors (Lipinski definition) is 3. The number of oxime groups is 1. The molecule has 1 aliphatic heterocycles. The van der Waals surface area contributed by atoms with Crippen molar-refractivity contribution in [3.63, 3.8) is 0 Å². The number of thioether (sulfide) groups is 1. The van der Waals surface area contributed by atoms with Crippen molar-refractivity contribution in [2.45, 2.75) is 62.7 Å². The maximum absolute atomic E-state index is 12.4. The summed E-state index contributed by atoms with van der Waals surface area (Å²) in [5.41, 5.74) is 5.24. The van der Waals surface area contributed by atoms with Crippen molar-refractivity contribution in [3.8, 4) is 0 Å². The molecule has 2 rings (SSSR count). The predicted molar refractivity (Wildman–Crippen MR) is 82.0 cm³/mol. The van der Waals surface area contributed by atoms with Crippen LogP contribution in [0.1, 0.15) is 51.9 Å². The minimum Gasteiger partial charge on any atom is -0.409 e. The molecule has 0 bridgehead atoms. The fraction of sp³-hybridized carbons (Fsp3) is 0.857. The lowest BCUT2D eigenvalue weighted by atomic mass is 9.76. The molecular formula is C14H25N3O2S. The Hall–Kier alpha value is -0.910. The zero-order valence-electron chi connectivity index (χ0n) is 12.1. The van der Waals surface area contributed by atoms with Crippen LogP contribution in [-0.4, -0.2) is 33.5 Å². The van der Waals surface area contributed by atoms with Crippen LogP contribution in [0, 0.1) is 5.92 Å². The second kappa shape index (κ2) is 6.70. The lowest BCUT2D eigenvalue weighted by Gasteiger charge is -2.40. The maximum Gasteiger partial charge on any atom is 0.233 e. The molecule has 1 aliphatic carbocycles. The van der Waals surface area contributed by atoms with E-state index in [9.17, 15) is 4.79 Å². The molecule has 0 aromatic rings. The summed E-state index contributed by atoms with van der Waals surface area (Å²) in [6.45, 7) is 2.20. The number of hydrogen-bond acceptors (Lipinski definition) is 4. The van der Waals surface area contributed by atoms with Crippen LogP contribution in [0.15, 0.2) is 5.16 Å². The molecule has 2 aliphatic rings. The Bertz CT molecular complexity index is 373. The minimum absolute atomic E-state index is 0.0199. The van der Waals surface area contributed by atoms with Crippen molar-refractivity contribution in [2.24, 2.45) is 16.8 Å². The molecule has 1 atom stereocenters. The highest BCUT2D eigenvalue weighted by Gasteiger charge is 2.41. The van der Waals surface area contributed by atoms with Crippen molar-refractivity contribution in [1.82, 2.24) is 5.32 Å². The summed E-state index contributed by atoms with van der Waals surface area (Å²) >= 11 is 1.72. The highest BCUT2D eigenvalue weighted by atomic mass is 32.2. The third-order valence-electron chi connectivity index (χ3n) is 4.56. The predicted octanol–water partition coefficient (Wildman–Crippen LogP) is 2.08. The zero-order chi connectivity index (χ0) is 14.6.